The van der Waals surface area contributed by atoms with Crippen LogP contribution in [0, 0.1) is 0 Å². The molecule has 0 radical (unpaired) electrons. The third kappa shape index (κ3) is 2.59. The SMILES string of the molecule is [N-]=[N+]=NC(c1ccccc1)(c1ccccc1)[C@@H]1CCCCO1. The predicted octanol–water partition coefficient (Wildman–Crippen LogP) is 4.81. The maximum atomic E-state index is 9.26. The molecule has 3 rings (SSSR count). The van der Waals surface area contributed by atoms with Gasteiger partial charge in [0.2, 0.25) is 0 Å². The monoisotopic (exact) mass is 293 g/mol. The standard InChI is InChI=1S/C18H19N3O/c19-21-20-18(15-9-3-1-4-10-15,16-11-5-2-6-12-16)17-13-7-8-14-22-17/h1-6,9-12,17H,7-8,13-14H2/t17-/m0/s1. The normalized spacial score (nSPS) is 18.5. The number of benzene rings is 2. The van der Waals surface area contributed by atoms with E-state index in [0.717, 1.165) is 30.4 Å². The fraction of sp³-hybridized carbons (Fsp3) is 0.333. The second-order valence-electron chi connectivity index (χ2n) is 5.54. The summed E-state index contributed by atoms with van der Waals surface area (Å²) in [6.45, 7) is 0.715. The van der Waals surface area contributed by atoms with E-state index >= 15 is 0 Å². The quantitative estimate of drug-likeness (QED) is 0.453. The van der Waals surface area contributed by atoms with Gasteiger partial charge >= 0.3 is 0 Å². The topological polar surface area (TPSA) is 58.0 Å². The third-order valence-electron chi connectivity index (χ3n) is 4.28. The lowest BCUT2D eigenvalue weighted by Gasteiger charge is -2.39. The smallest absolute Gasteiger partial charge is 0.125 e. The zero-order valence-corrected chi connectivity index (χ0v) is 12.4. The van der Waals surface area contributed by atoms with Gasteiger partial charge in [0.15, 0.2) is 0 Å². The Kier molecular flexibility index (Phi) is 4.42. The number of azide groups is 1. The van der Waals surface area contributed by atoms with Crippen LogP contribution < -0.4 is 0 Å². The first-order valence-electron chi connectivity index (χ1n) is 7.67. The van der Waals surface area contributed by atoms with Crippen molar-refractivity contribution in [3.05, 3.63) is 82.2 Å². The van der Waals surface area contributed by atoms with E-state index in [9.17, 15) is 5.53 Å². The molecule has 0 aromatic heterocycles. The maximum Gasteiger partial charge on any atom is 0.125 e. The first-order chi connectivity index (χ1) is 10.9. The fourth-order valence-electron chi connectivity index (χ4n) is 3.24. The van der Waals surface area contributed by atoms with Crippen molar-refractivity contribution in [1.29, 1.82) is 0 Å². The lowest BCUT2D eigenvalue weighted by atomic mass is 9.76. The zero-order valence-electron chi connectivity index (χ0n) is 12.4. The van der Waals surface area contributed by atoms with Gasteiger partial charge < -0.3 is 4.74 Å². The van der Waals surface area contributed by atoms with Gasteiger partial charge in [0.1, 0.15) is 5.54 Å². The molecule has 1 saturated heterocycles. The van der Waals surface area contributed by atoms with Gasteiger partial charge in [-0.2, -0.15) is 0 Å². The second-order valence-corrected chi connectivity index (χ2v) is 5.54. The minimum Gasteiger partial charge on any atom is -0.377 e. The van der Waals surface area contributed by atoms with E-state index < -0.39 is 5.54 Å². The van der Waals surface area contributed by atoms with E-state index in [0.29, 0.717) is 6.61 Å². The molecule has 22 heavy (non-hydrogen) atoms. The van der Waals surface area contributed by atoms with Crippen LogP contribution in [0.5, 0.6) is 0 Å². The van der Waals surface area contributed by atoms with Crippen LogP contribution in [0.15, 0.2) is 65.8 Å². The van der Waals surface area contributed by atoms with E-state index in [4.69, 9.17) is 4.74 Å². The highest BCUT2D eigenvalue weighted by Gasteiger charge is 2.43. The number of rotatable bonds is 4. The Hall–Kier alpha value is -2.29. The molecule has 4 nitrogen and oxygen atoms in total. The van der Waals surface area contributed by atoms with Gasteiger partial charge in [-0.25, -0.2) is 0 Å². The molecule has 0 unspecified atom stereocenters. The summed E-state index contributed by atoms with van der Waals surface area (Å²) in [7, 11) is 0. The molecule has 1 heterocycles. The van der Waals surface area contributed by atoms with Crippen molar-refractivity contribution >= 4 is 0 Å². The Bertz CT molecular complexity index is 605. The molecule has 1 fully saturated rings. The van der Waals surface area contributed by atoms with E-state index in [1.807, 2.05) is 60.7 Å². The molecular weight excluding hydrogens is 274 g/mol. The maximum absolute atomic E-state index is 9.26. The van der Waals surface area contributed by atoms with Gasteiger partial charge in [0, 0.05) is 11.5 Å². The van der Waals surface area contributed by atoms with E-state index in [1.54, 1.807) is 0 Å². The summed E-state index contributed by atoms with van der Waals surface area (Å²) in [5.41, 5.74) is 10.4. The third-order valence-corrected chi connectivity index (χ3v) is 4.28. The molecule has 2 aromatic rings. The van der Waals surface area contributed by atoms with Crippen LogP contribution in [0.25, 0.3) is 10.4 Å². The van der Waals surface area contributed by atoms with E-state index in [-0.39, 0.29) is 6.10 Å². The van der Waals surface area contributed by atoms with Crippen molar-refractivity contribution in [1.82, 2.24) is 0 Å². The molecule has 0 bridgehead atoms. The molecular formula is C18H19N3O. The Morgan fingerprint density at radius 1 is 0.955 bits per heavy atom. The van der Waals surface area contributed by atoms with Crippen LogP contribution in [-0.2, 0) is 10.3 Å². The minimum absolute atomic E-state index is 0.137. The van der Waals surface area contributed by atoms with Crippen molar-refractivity contribution in [3.63, 3.8) is 0 Å². The summed E-state index contributed by atoms with van der Waals surface area (Å²) in [5, 5.41) is 4.28. The largest absolute Gasteiger partial charge is 0.377 e. The molecule has 0 aliphatic carbocycles. The van der Waals surface area contributed by atoms with Crippen LogP contribution in [0.2, 0.25) is 0 Å². The van der Waals surface area contributed by atoms with Crippen molar-refractivity contribution in [3.8, 4) is 0 Å². The average Bonchev–Trinajstić information content (AvgIpc) is 2.62. The molecule has 0 N–H and O–H groups in total. The molecule has 1 aliphatic heterocycles. The summed E-state index contributed by atoms with van der Waals surface area (Å²) < 4.78 is 6.04. The Morgan fingerprint density at radius 2 is 1.55 bits per heavy atom. The highest BCUT2D eigenvalue weighted by molar-refractivity contribution is 5.40. The van der Waals surface area contributed by atoms with Crippen molar-refractivity contribution in [2.45, 2.75) is 30.9 Å². The number of ether oxygens (including phenoxy) is 1. The fourth-order valence-corrected chi connectivity index (χ4v) is 3.24. The summed E-state index contributed by atoms with van der Waals surface area (Å²) in [6, 6.07) is 19.9. The van der Waals surface area contributed by atoms with Crippen molar-refractivity contribution in [2.24, 2.45) is 5.11 Å². The number of hydrogen-bond donors (Lipinski definition) is 0. The molecule has 0 spiro atoms. The van der Waals surface area contributed by atoms with Crippen LogP contribution in [0.1, 0.15) is 30.4 Å². The molecule has 0 saturated carbocycles. The van der Waals surface area contributed by atoms with Gasteiger partial charge in [0.05, 0.1) is 6.10 Å². The molecule has 0 amide bonds. The summed E-state index contributed by atoms with van der Waals surface area (Å²) in [5.74, 6) is 0. The lowest BCUT2D eigenvalue weighted by molar-refractivity contribution is -0.0226. The van der Waals surface area contributed by atoms with E-state index in [1.165, 1.54) is 0 Å². The Morgan fingerprint density at radius 3 is 2.00 bits per heavy atom. The summed E-state index contributed by atoms with van der Waals surface area (Å²) in [4.78, 5) is 3.18. The highest BCUT2D eigenvalue weighted by Crippen LogP contribution is 2.42. The molecule has 2 aromatic carbocycles. The minimum atomic E-state index is -0.808. The first kappa shape index (κ1) is 14.6. The van der Waals surface area contributed by atoms with Gasteiger partial charge in [0.25, 0.3) is 0 Å². The van der Waals surface area contributed by atoms with Crippen molar-refractivity contribution < 1.29 is 4.74 Å². The molecule has 1 aliphatic rings. The molecule has 4 heteroatoms. The Balaban J connectivity index is 2.20. The van der Waals surface area contributed by atoms with Crippen LogP contribution in [0.3, 0.4) is 0 Å². The molecule has 112 valence electrons. The van der Waals surface area contributed by atoms with Gasteiger partial charge in [-0.1, -0.05) is 65.8 Å². The number of nitrogens with zero attached hydrogens (tertiary/aromatic N) is 3. The number of hydrogen-bond acceptors (Lipinski definition) is 2. The van der Waals surface area contributed by atoms with Gasteiger partial charge in [-0.05, 0) is 35.9 Å². The van der Waals surface area contributed by atoms with Crippen LogP contribution in [-0.4, -0.2) is 12.7 Å². The van der Waals surface area contributed by atoms with E-state index in [2.05, 4.69) is 10.0 Å². The zero-order chi connectivity index (χ0) is 15.3. The first-order valence-corrected chi connectivity index (χ1v) is 7.67. The summed E-state index contributed by atoms with van der Waals surface area (Å²) in [6.07, 6.45) is 2.91. The predicted molar refractivity (Wildman–Crippen MR) is 86.4 cm³/mol. The highest BCUT2D eigenvalue weighted by atomic mass is 16.5. The van der Waals surface area contributed by atoms with Gasteiger partial charge in [-0.3, -0.25) is 0 Å². The van der Waals surface area contributed by atoms with Crippen LogP contribution >= 0.6 is 0 Å². The average molecular weight is 293 g/mol. The molecule has 1 atom stereocenters. The Labute approximate surface area is 130 Å². The van der Waals surface area contributed by atoms with Crippen molar-refractivity contribution in [2.75, 3.05) is 6.61 Å². The van der Waals surface area contributed by atoms with Crippen LogP contribution in [0.4, 0.5) is 0 Å². The summed E-state index contributed by atoms with van der Waals surface area (Å²) >= 11 is 0. The van der Waals surface area contributed by atoms with Gasteiger partial charge in [-0.15, -0.1) is 0 Å². The lowest BCUT2D eigenvalue weighted by Crippen LogP contribution is -2.42. The second kappa shape index (κ2) is 6.65.